The van der Waals surface area contributed by atoms with Gasteiger partial charge in [-0.3, -0.25) is 24.1 Å². The molecule has 0 atom stereocenters. The van der Waals surface area contributed by atoms with Gasteiger partial charge in [0.2, 0.25) is 0 Å². The largest absolute Gasteiger partial charge is 0.335 e. The molecule has 8 nitrogen and oxygen atoms in total. The highest BCUT2D eigenvalue weighted by molar-refractivity contribution is 6.13. The molecular formula is C13H16N2O6. The predicted molar refractivity (Wildman–Crippen MR) is 69.0 cm³/mol. The molecule has 4 amide bonds. The fraction of sp³-hybridized carbons (Fsp3) is 0.462. The summed E-state index contributed by atoms with van der Waals surface area (Å²) in [4.78, 5) is 61.6. The van der Waals surface area contributed by atoms with E-state index >= 15 is 0 Å². The van der Waals surface area contributed by atoms with Crippen LogP contribution in [0.25, 0.3) is 0 Å². The second-order valence-electron chi connectivity index (χ2n) is 3.96. The lowest BCUT2D eigenvalue weighted by atomic mass is 10.4. The number of imide groups is 2. The summed E-state index contributed by atoms with van der Waals surface area (Å²) < 4.78 is 0. The molecule has 0 radical (unpaired) electrons. The Kier molecular flexibility index (Phi) is 5.77. The van der Waals surface area contributed by atoms with E-state index in [1.165, 1.54) is 0 Å². The van der Waals surface area contributed by atoms with Crippen LogP contribution in [0.15, 0.2) is 12.2 Å². The zero-order valence-electron chi connectivity index (χ0n) is 11.8. The summed E-state index contributed by atoms with van der Waals surface area (Å²) in [5.41, 5.74) is 0. The number of rotatable bonds is 4. The second kappa shape index (κ2) is 7.32. The van der Waals surface area contributed by atoms with Crippen molar-refractivity contribution in [3.8, 4) is 0 Å². The Hall–Kier alpha value is -2.51. The molecule has 0 saturated carbocycles. The van der Waals surface area contributed by atoms with Crippen LogP contribution >= 0.6 is 0 Å². The van der Waals surface area contributed by atoms with Crippen molar-refractivity contribution in [3.05, 3.63) is 12.2 Å². The first-order chi connectivity index (χ1) is 9.99. The van der Waals surface area contributed by atoms with Crippen molar-refractivity contribution >= 4 is 29.6 Å². The number of hydrogen-bond donors (Lipinski definition) is 0. The topological polar surface area (TPSA) is 101 Å². The third-order valence-corrected chi connectivity index (χ3v) is 2.64. The van der Waals surface area contributed by atoms with E-state index in [0.717, 1.165) is 17.1 Å². The van der Waals surface area contributed by atoms with Gasteiger partial charge in [0, 0.05) is 31.5 Å². The molecule has 2 heterocycles. The molecule has 0 bridgehead atoms. The summed E-state index contributed by atoms with van der Waals surface area (Å²) in [7, 11) is 0. The van der Waals surface area contributed by atoms with Gasteiger partial charge in [0.15, 0.2) is 0 Å². The van der Waals surface area contributed by atoms with Gasteiger partial charge in [0.25, 0.3) is 23.6 Å². The standard InChI is InChI=1S/C11H10N2O6.C2H6/c14-7-1-2-8(15)12(7)6-5-11(18)19-13-9(16)3-4-10(13)17;1-2/h1-2H,3-6H2;1-2H3. The first-order valence-corrected chi connectivity index (χ1v) is 6.59. The van der Waals surface area contributed by atoms with E-state index in [-0.39, 0.29) is 25.8 Å². The summed E-state index contributed by atoms with van der Waals surface area (Å²) in [6.45, 7) is 3.85. The maximum absolute atomic E-state index is 11.4. The Morgan fingerprint density at radius 2 is 1.52 bits per heavy atom. The average molecular weight is 296 g/mol. The molecule has 1 fully saturated rings. The van der Waals surface area contributed by atoms with Crippen molar-refractivity contribution in [1.82, 2.24) is 9.96 Å². The molecule has 8 heteroatoms. The van der Waals surface area contributed by atoms with Gasteiger partial charge in [-0.15, -0.1) is 5.06 Å². The van der Waals surface area contributed by atoms with Crippen LogP contribution < -0.4 is 0 Å². The van der Waals surface area contributed by atoms with Gasteiger partial charge in [0.1, 0.15) is 0 Å². The molecule has 0 unspecified atom stereocenters. The lowest BCUT2D eigenvalue weighted by Gasteiger charge is -2.15. The van der Waals surface area contributed by atoms with Gasteiger partial charge in [0.05, 0.1) is 6.42 Å². The fourth-order valence-electron chi connectivity index (χ4n) is 1.66. The van der Waals surface area contributed by atoms with E-state index in [1.54, 1.807) is 0 Å². The Morgan fingerprint density at radius 3 is 2.00 bits per heavy atom. The molecule has 0 N–H and O–H groups in total. The van der Waals surface area contributed by atoms with E-state index < -0.39 is 29.6 Å². The molecule has 0 aliphatic carbocycles. The smallest absolute Gasteiger partial charge is 0.330 e. The van der Waals surface area contributed by atoms with Crippen molar-refractivity contribution in [2.75, 3.05) is 6.54 Å². The molecule has 0 aromatic rings. The van der Waals surface area contributed by atoms with Crippen LogP contribution in [0.2, 0.25) is 0 Å². The molecular weight excluding hydrogens is 280 g/mol. The number of carbonyl (C=O) groups is 5. The van der Waals surface area contributed by atoms with Gasteiger partial charge >= 0.3 is 5.97 Å². The maximum Gasteiger partial charge on any atom is 0.335 e. The molecule has 2 aliphatic heterocycles. The lowest BCUT2D eigenvalue weighted by Crippen LogP contribution is -2.35. The Bertz CT molecular complexity index is 477. The highest BCUT2D eigenvalue weighted by atomic mass is 16.7. The Balaban J connectivity index is 0.00000106. The molecule has 2 rings (SSSR count). The summed E-state index contributed by atoms with van der Waals surface area (Å²) in [5.74, 6) is -3.02. The van der Waals surface area contributed by atoms with Crippen LogP contribution in [0.4, 0.5) is 0 Å². The summed E-state index contributed by atoms with van der Waals surface area (Å²) >= 11 is 0. The highest BCUT2D eigenvalue weighted by Crippen LogP contribution is 2.13. The van der Waals surface area contributed by atoms with Gasteiger partial charge in [-0.1, -0.05) is 13.8 Å². The predicted octanol–water partition coefficient (Wildman–Crippen LogP) is -0.0651. The zero-order chi connectivity index (χ0) is 16.0. The molecule has 1 saturated heterocycles. The number of nitrogens with zero attached hydrogens (tertiary/aromatic N) is 2. The summed E-state index contributed by atoms with van der Waals surface area (Å²) in [6.07, 6.45) is 1.94. The van der Waals surface area contributed by atoms with E-state index in [1.807, 2.05) is 13.8 Å². The van der Waals surface area contributed by atoms with Gasteiger partial charge in [-0.2, -0.15) is 0 Å². The quantitative estimate of drug-likeness (QED) is 0.673. The third kappa shape index (κ3) is 3.98. The van der Waals surface area contributed by atoms with Crippen molar-refractivity contribution in [2.24, 2.45) is 0 Å². The number of hydrogen-bond acceptors (Lipinski definition) is 6. The minimum atomic E-state index is -0.851. The van der Waals surface area contributed by atoms with Crippen LogP contribution in [-0.4, -0.2) is 46.1 Å². The van der Waals surface area contributed by atoms with E-state index in [2.05, 4.69) is 4.84 Å². The van der Waals surface area contributed by atoms with Crippen LogP contribution in [0, 0.1) is 0 Å². The van der Waals surface area contributed by atoms with Crippen LogP contribution in [0.1, 0.15) is 33.1 Å². The van der Waals surface area contributed by atoms with Crippen molar-refractivity contribution in [2.45, 2.75) is 33.1 Å². The molecule has 0 aromatic heterocycles. The Labute approximate surface area is 121 Å². The van der Waals surface area contributed by atoms with Crippen LogP contribution in [0.3, 0.4) is 0 Å². The SMILES string of the molecule is CC.O=C(CCN1C(=O)C=CC1=O)ON1C(=O)CCC1=O. The van der Waals surface area contributed by atoms with Gasteiger partial charge in [-0.25, -0.2) is 4.79 Å². The zero-order valence-corrected chi connectivity index (χ0v) is 11.8. The number of hydroxylamine groups is 2. The number of amides is 4. The average Bonchev–Trinajstić information content (AvgIpc) is 2.96. The molecule has 0 spiro atoms. The maximum atomic E-state index is 11.4. The minimum Gasteiger partial charge on any atom is -0.330 e. The lowest BCUT2D eigenvalue weighted by molar-refractivity contribution is -0.197. The summed E-state index contributed by atoms with van der Waals surface area (Å²) in [5, 5.41) is 0.425. The number of carbonyl (C=O) groups excluding carboxylic acids is 5. The molecule has 21 heavy (non-hydrogen) atoms. The van der Waals surface area contributed by atoms with Crippen molar-refractivity contribution in [1.29, 1.82) is 0 Å². The van der Waals surface area contributed by atoms with E-state index in [4.69, 9.17) is 0 Å². The highest BCUT2D eigenvalue weighted by Gasteiger charge is 2.33. The van der Waals surface area contributed by atoms with Crippen molar-refractivity contribution < 1.29 is 28.8 Å². The summed E-state index contributed by atoms with van der Waals surface area (Å²) in [6, 6.07) is 0. The van der Waals surface area contributed by atoms with Crippen LogP contribution in [0.5, 0.6) is 0 Å². The molecule has 114 valence electrons. The fourth-order valence-corrected chi connectivity index (χ4v) is 1.66. The van der Waals surface area contributed by atoms with Gasteiger partial charge in [-0.05, 0) is 0 Å². The monoisotopic (exact) mass is 296 g/mol. The van der Waals surface area contributed by atoms with E-state index in [9.17, 15) is 24.0 Å². The van der Waals surface area contributed by atoms with Crippen LogP contribution in [-0.2, 0) is 28.8 Å². The second-order valence-corrected chi connectivity index (χ2v) is 3.96. The van der Waals surface area contributed by atoms with Gasteiger partial charge < -0.3 is 4.84 Å². The molecule has 2 aliphatic rings. The molecule has 0 aromatic carbocycles. The third-order valence-electron chi connectivity index (χ3n) is 2.64. The normalized spacial score (nSPS) is 17.2. The first-order valence-electron chi connectivity index (χ1n) is 6.59. The van der Waals surface area contributed by atoms with Crippen molar-refractivity contribution in [3.63, 3.8) is 0 Å². The Morgan fingerprint density at radius 1 is 1.05 bits per heavy atom. The first kappa shape index (κ1) is 16.5. The minimum absolute atomic E-state index is 0.0130. The van der Waals surface area contributed by atoms with E-state index in [0.29, 0.717) is 5.06 Å².